The summed E-state index contributed by atoms with van der Waals surface area (Å²) < 4.78 is 50.6. The molecule has 82 valence electrons. The number of alkyl halides is 2. The highest BCUT2D eigenvalue weighted by Gasteiger charge is 2.65. The molecule has 0 radical (unpaired) electrons. The van der Waals surface area contributed by atoms with Crippen LogP contribution in [0.4, 0.5) is 17.7 Å². The molecule has 1 atom stereocenters. The van der Waals surface area contributed by atoms with Gasteiger partial charge in [0, 0.05) is 17.9 Å². The molecule has 14 heavy (non-hydrogen) atoms. The Bertz CT molecular complexity index is 254. The van der Waals surface area contributed by atoms with Gasteiger partial charge in [0.1, 0.15) is 6.54 Å². The Morgan fingerprint density at radius 1 is 1.50 bits per heavy atom. The predicted octanol–water partition coefficient (Wildman–Crippen LogP) is 2.75. The summed E-state index contributed by atoms with van der Waals surface area (Å²) in [6.45, 7) is 1.34. The van der Waals surface area contributed by atoms with Gasteiger partial charge in [-0.25, -0.2) is 4.90 Å². The molecule has 0 saturated heterocycles. The lowest BCUT2D eigenvalue weighted by molar-refractivity contribution is -1.09. The van der Waals surface area contributed by atoms with Crippen LogP contribution in [-0.2, 0) is 0 Å². The van der Waals surface area contributed by atoms with Crippen LogP contribution in [0.25, 0.3) is 0 Å². The van der Waals surface area contributed by atoms with Crippen LogP contribution in [-0.4, -0.2) is 29.4 Å². The molecule has 0 aliphatic carbocycles. The zero-order chi connectivity index (χ0) is 11.0. The van der Waals surface area contributed by atoms with Gasteiger partial charge in [-0.3, -0.25) is 0 Å². The third-order valence-electron chi connectivity index (χ3n) is 2.32. The number of hydrogen-bond acceptors (Lipinski definition) is 1. The number of quaternary nitrogens is 1. The third-order valence-corrected chi connectivity index (χ3v) is 2.32. The molecular weight excluding hydrogens is 200 g/mol. The molecule has 1 aliphatic rings. The maximum absolute atomic E-state index is 13.6. The Hall–Kier alpha value is -0.780. The Morgan fingerprint density at radius 3 is 2.43 bits per heavy atom. The van der Waals surface area contributed by atoms with E-state index in [0.717, 1.165) is 7.05 Å². The summed E-state index contributed by atoms with van der Waals surface area (Å²) >= 11 is 0. The average molecular weight is 213 g/mol. The van der Waals surface area contributed by atoms with Gasteiger partial charge in [0.2, 0.25) is 0 Å². The SMILES string of the molecule is CCCC[N+]1(F)C=C(F)N(C)C1(F)F. The first-order valence-corrected chi connectivity index (χ1v) is 4.42. The van der Waals surface area contributed by atoms with Crippen LogP contribution < -0.4 is 0 Å². The van der Waals surface area contributed by atoms with Crippen LogP contribution in [0.2, 0.25) is 0 Å². The van der Waals surface area contributed by atoms with Gasteiger partial charge in [-0.15, -0.1) is 8.78 Å². The van der Waals surface area contributed by atoms with E-state index in [-0.39, 0.29) is 11.3 Å². The van der Waals surface area contributed by atoms with Crippen molar-refractivity contribution in [1.29, 1.82) is 0 Å². The smallest absolute Gasteiger partial charge is 0.232 e. The molecule has 1 aliphatic heterocycles. The van der Waals surface area contributed by atoms with E-state index < -0.39 is 23.4 Å². The molecule has 0 aromatic rings. The van der Waals surface area contributed by atoms with E-state index in [9.17, 15) is 17.7 Å². The van der Waals surface area contributed by atoms with Gasteiger partial charge < -0.3 is 0 Å². The van der Waals surface area contributed by atoms with Gasteiger partial charge in [-0.05, 0) is 4.71 Å². The Labute approximate surface area is 79.9 Å². The fourth-order valence-corrected chi connectivity index (χ4v) is 1.30. The van der Waals surface area contributed by atoms with Crippen molar-refractivity contribution in [3.05, 3.63) is 12.2 Å². The normalized spacial score (nSPS) is 30.7. The van der Waals surface area contributed by atoms with Gasteiger partial charge in [0.05, 0.1) is 0 Å². The second-order valence-electron chi connectivity index (χ2n) is 3.37. The first-order chi connectivity index (χ1) is 6.35. The predicted molar refractivity (Wildman–Crippen MR) is 43.0 cm³/mol. The Morgan fingerprint density at radius 2 is 2.07 bits per heavy atom. The number of nitrogens with zero attached hydrogens (tertiary/aromatic N) is 2. The molecule has 0 amide bonds. The van der Waals surface area contributed by atoms with E-state index in [1.807, 2.05) is 0 Å². The van der Waals surface area contributed by atoms with Crippen molar-refractivity contribution in [2.75, 3.05) is 13.6 Å². The number of unbranched alkanes of at least 4 members (excludes halogenated alkanes) is 1. The van der Waals surface area contributed by atoms with Crippen molar-refractivity contribution in [2.45, 2.75) is 25.9 Å². The maximum Gasteiger partial charge on any atom is 0.528 e. The molecule has 1 unspecified atom stereocenters. The summed E-state index contributed by atoms with van der Waals surface area (Å²) in [5.41, 5.74) is 0. The number of rotatable bonds is 3. The van der Waals surface area contributed by atoms with Crippen LogP contribution in [0.1, 0.15) is 19.8 Å². The molecule has 0 fully saturated rings. The lowest BCUT2D eigenvalue weighted by atomic mass is 10.3. The average Bonchev–Trinajstić information content (AvgIpc) is 2.25. The standard InChI is InChI=1S/C8H13F4N2/c1-3-4-5-14(12)6-7(9)13(2)8(14,10)11/h6H,3-5H2,1-2H3/q+1. The molecule has 1 heterocycles. The van der Waals surface area contributed by atoms with Gasteiger partial charge >= 0.3 is 6.17 Å². The van der Waals surface area contributed by atoms with Gasteiger partial charge in [0.25, 0.3) is 5.95 Å². The fourth-order valence-electron chi connectivity index (χ4n) is 1.30. The Kier molecular flexibility index (Phi) is 2.76. The molecule has 0 N–H and O–H groups in total. The van der Waals surface area contributed by atoms with Crippen LogP contribution >= 0.6 is 0 Å². The van der Waals surface area contributed by atoms with Crippen molar-refractivity contribution in [3.63, 3.8) is 0 Å². The lowest BCUT2D eigenvalue weighted by Gasteiger charge is -2.27. The molecule has 0 saturated carbocycles. The molecule has 6 heteroatoms. The van der Waals surface area contributed by atoms with E-state index in [1.165, 1.54) is 0 Å². The van der Waals surface area contributed by atoms with Crippen LogP contribution in [0, 0.1) is 0 Å². The highest BCUT2D eigenvalue weighted by Crippen LogP contribution is 2.42. The molecule has 0 spiro atoms. The van der Waals surface area contributed by atoms with Crippen LogP contribution in [0.5, 0.6) is 0 Å². The quantitative estimate of drug-likeness (QED) is 0.396. The van der Waals surface area contributed by atoms with Crippen molar-refractivity contribution in [3.8, 4) is 0 Å². The second kappa shape index (κ2) is 3.42. The zero-order valence-electron chi connectivity index (χ0n) is 8.10. The first kappa shape index (κ1) is 11.3. The zero-order valence-corrected chi connectivity index (χ0v) is 8.10. The molecule has 1 rings (SSSR count). The van der Waals surface area contributed by atoms with Crippen molar-refractivity contribution >= 4 is 0 Å². The van der Waals surface area contributed by atoms with Crippen molar-refractivity contribution < 1.29 is 22.4 Å². The van der Waals surface area contributed by atoms with Gasteiger partial charge in [-0.2, -0.15) is 4.39 Å². The van der Waals surface area contributed by atoms with Crippen molar-refractivity contribution in [1.82, 2.24) is 4.90 Å². The van der Waals surface area contributed by atoms with E-state index in [2.05, 4.69) is 0 Å². The summed E-state index contributed by atoms with van der Waals surface area (Å²) in [6, 6.07) is 0. The molecule has 2 nitrogen and oxygen atoms in total. The number of halogens is 4. The van der Waals surface area contributed by atoms with E-state index >= 15 is 0 Å². The summed E-state index contributed by atoms with van der Waals surface area (Å²) in [4.78, 5) is 0.0165. The second-order valence-corrected chi connectivity index (χ2v) is 3.37. The first-order valence-electron chi connectivity index (χ1n) is 4.42. The maximum atomic E-state index is 13.6. The summed E-state index contributed by atoms with van der Waals surface area (Å²) in [7, 11) is 0.831. The molecule has 0 aromatic carbocycles. The van der Waals surface area contributed by atoms with E-state index in [1.54, 1.807) is 6.92 Å². The highest BCUT2D eigenvalue weighted by molar-refractivity contribution is 4.92. The van der Waals surface area contributed by atoms with Gasteiger partial charge in [-0.1, -0.05) is 13.3 Å². The number of hydrogen-bond donors (Lipinski definition) is 0. The third kappa shape index (κ3) is 1.47. The molecule has 0 aromatic heterocycles. The van der Waals surface area contributed by atoms with E-state index in [0.29, 0.717) is 12.6 Å². The minimum absolute atomic E-state index is 0.0165. The molecular formula is C8H13F4N2+. The lowest BCUT2D eigenvalue weighted by Crippen LogP contribution is -2.54. The van der Waals surface area contributed by atoms with Crippen LogP contribution in [0.15, 0.2) is 12.2 Å². The monoisotopic (exact) mass is 213 g/mol. The molecule has 0 bridgehead atoms. The van der Waals surface area contributed by atoms with E-state index in [4.69, 9.17) is 0 Å². The van der Waals surface area contributed by atoms with Gasteiger partial charge in [0.15, 0.2) is 6.20 Å². The fraction of sp³-hybridized carbons (Fsp3) is 0.750. The Balaban J connectivity index is 2.87. The largest absolute Gasteiger partial charge is 0.528 e. The van der Waals surface area contributed by atoms with Crippen LogP contribution in [0.3, 0.4) is 0 Å². The summed E-state index contributed by atoms with van der Waals surface area (Å²) in [5, 5.41) is 0. The summed E-state index contributed by atoms with van der Waals surface area (Å²) in [6.07, 6.45) is -2.65. The summed E-state index contributed by atoms with van der Waals surface area (Å²) in [5.74, 6) is -1.23. The highest BCUT2D eigenvalue weighted by atomic mass is 19.3. The topological polar surface area (TPSA) is 3.24 Å². The minimum atomic E-state index is -3.83. The minimum Gasteiger partial charge on any atom is -0.232 e. The van der Waals surface area contributed by atoms with Crippen molar-refractivity contribution in [2.24, 2.45) is 0 Å².